The van der Waals surface area contributed by atoms with Gasteiger partial charge in [-0.05, 0) is 42.8 Å². The Bertz CT molecular complexity index is 406. The monoisotopic (exact) mass is 334 g/mol. The van der Waals surface area contributed by atoms with Crippen LogP contribution in [-0.4, -0.2) is 35.2 Å². The second-order valence-corrected chi connectivity index (χ2v) is 7.24. The minimum absolute atomic E-state index is 0. The molecule has 2 fully saturated rings. The Kier molecular flexibility index (Phi) is 6.54. The van der Waals surface area contributed by atoms with E-state index in [4.69, 9.17) is 0 Å². The summed E-state index contributed by atoms with van der Waals surface area (Å²) in [6.07, 6.45) is 5.82. The average Bonchev–Trinajstić information content (AvgIpc) is 2.80. The lowest BCUT2D eigenvalue weighted by Gasteiger charge is -2.32. The van der Waals surface area contributed by atoms with Gasteiger partial charge in [-0.1, -0.05) is 20.8 Å². The molecule has 1 saturated carbocycles. The molecule has 4 atom stereocenters. The summed E-state index contributed by atoms with van der Waals surface area (Å²) in [4.78, 5) is 4.14. The highest BCUT2D eigenvalue weighted by molar-refractivity contribution is 5.85. The van der Waals surface area contributed by atoms with Crippen LogP contribution in [0.3, 0.4) is 0 Å². The molecule has 1 aromatic heterocycles. The predicted octanol–water partition coefficient (Wildman–Crippen LogP) is 2.20. The van der Waals surface area contributed by atoms with Crippen molar-refractivity contribution in [1.29, 1.82) is 0 Å². The molecule has 0 radical (unpaired) electrons. The molecule has 21 heavy (non-hydrogen) atoms. The van der Waals surface area contributed by atoms with E-state index >= 15 is 0 Å². The number of aromatic nitrogens is 2. The Morgan fingerprint density at radius 3 is 2.48 bits per heavy atom. The van der Waals surface area contributed by atoms with Crippen LogP contribution in [0.2, 0.25) is 0 Å². The molecule has 2 unspecified atom stereocenters. The predicted molar refractivity (Wildman–Crippen MR) is 91.3 cm³/mol. The quantitative estimate of drug-likeness (QED) is 0.867. The van der Waals surface area contributed by atoms with E-state index in [1.165, 1.54) is 19.6 Å². The minimum atomic E-state index is 0. The lowest BCUT2D eigenvalue weighted by Crippen LogP contribution is -2.44. The van der Waals surface area contributed by atoms with Crippen molar-refractivity contribution in [2.24, 2.45) is 23.2 Å². The molecule has 2 aliphatic rings. The largest absolute Gasteiger partial charge is 0.336 e. The van der Waals surface area contributed by atoms with Crippen molar-refractivity contribution in [2.45, 2.75) is 33.4 Å². The lowest BCUT2D eigenvalue weighted by atomic mass is 9.86. The standard InChI is InChI=1S/C15H26N4.2ClH/c1-15(2,3)14(9-19-5-4-16-10-19)18-8-13-11-6-17-7-12(11)13;;/h4-5,10-14,17-18H,6-9H2,1-3H3;2*1H/t11-,12+,13?,14?;;. The van der Waals surface area contributed by atoms with Gasteiger partial charge in [0.15, 0.2) is 0 Å². The second kappa shape index (κ2) is 7.32. The van der Waals surface area contributed by atoms with Crippen molar-refractivity contribution < 1.29 is 0 Å². The molecule has 0 spiro atoms. The van der Waals surface area contributed by atoms with Gasteiger partial charge in [0.2, 0.25) is 0 Å². The summed E-state index contributed by atoms with van der Waals surface area (Å²) in [6, 6.07) is 0.496. The summed E-state index contributed by atoms with van der Waals surface area (Å²) in [5.74, 6) is 2.80. The molecule has 3 rings (SSSR count). The first-order chi connectivity index (χ1) is 9.05. The Morgan fingerprint density at radius 1 is 1.29 bits per heavy atom. The first-order valence-electron chi connectivity index (χ1n) is 7.45. The minimum Gasteiger partial charge on any atom is -0.336 e. The molecule has 4 nitrogen and oxygen atoms in total. The highest BCUT2D eigenvalue weighted by Crippen LogP contribution is 2.48. The van der Waals surface area contributed by atoms with Gasteiger partial charge in [-0.2, -0.15) is 0 Å². The van der Waals surface area contributed by atoms with Gasteiger partial charge in [0, 0.05) is 25.0 Å². The molecular weight excluding hydrogens is 307 g/mol. The maximum atomic E-state index is 4.14. The third-order valence-corrected chi connectivity index (χ3v) is 4.87. The number of hydrogen-bond acceptors (Lipinski definition) is 3. The number of hydrogen-bond donors (Lipinski definition) is 2. The average molecular weight is 335 g/mol. The fourth-order valence-corrected chi connectivity index (χ4v) is 3.38. The lowest BCUT2D eigenvalue weighted by molar-refractivity contribution is 0.237. The Morgan fingerprint density at radius 2 is 1.95 bits per heavy atom. The Balaban J connectivity index is 0.00000110. The van der Waals surface area contributed by atoms with E-state index in [1.54, 1.807) is 0 Å². The molecule has 1 aliphatic heterocycles. The molecule has 2 heterocycles. The first kappa shape index (κ1) is 18.8. The molecule has 0 aromatic carbocycles. The zero-order valence-corrected chi connectivity index (χ0v) is 14.7. The number of halogens is 2. The zero-order chi connectivity index (χ0) is 13.5. The summed E-state index contributed by atoms with van der Waals surface area (Å²) in [7, 11) is 0. The highest BCUT2D eigenvalue weighted by Gasteiger charge is 2.52. The molecule has 1 aromatic rings. The summed E-state index contributed by atoms with van der Waals surface area (Å²) in [5, 5.41) is 7.28. The Hall–Kier alpha value is -0.290. The molecule has 1 saturated heterocycles. The van der Waals surface area contributed by atoms with Crippen LogP contribution in [0.1, 0.15) is 20.8 Å². The second-order valence-electron chi connectivity index (χ2n) is 7.24. The van der Waals surface area contributed by atoms with Crippen LogP contribution in [-0.2, 0) is 6.54 Å². The van der Waals surface area contributed by atoms with E-state index in [-0.39, 0.29) is 30.2 Å². The van der Waals surface area contributed by atoms with Gasteiger partial charge in [0.05, 0.1) is 6.33 Å². The number of rotatable bonds is 5. The van der Waals surface area contributed by atoms with Crippen molar-refractivity contribution in [2.75, 3.05) is 19.6 Å². The van der Waals surface area contributed by atoms with E-state index in [0.717, 1.165) is 24.3 Å². The van der Waals surface area contributed by atoms with Crippen molar-refractivity contribution in [3.8, 4) is 0 Å². The van der Waals surface area contributed by atoms with E-state index < -0.39 is 0 Å². The molecule has 122 valence electrons. The van der Waals surface area contributed by atoms with Crippen molar-refractivity contribution >= 4 is 24.8 Å². The maximum absolute atomic E-state index is 4.14. The maximum Gasteiger partial charge on any atom is 0.0946 e. The number of nitrogens with one attached hydrogen (secondary N) is 2. The topological polar surface area (TPSA) is 41.9 Å². The normalized spacial score (nSPS) is 28.2. The first-order valence-corrected chi connectivity index (χ1v) is 7.45. The Labute approximate surface area is 140 Å². The van der Waals surface area contributed by atoms with Gasteiger partial charge in [-0.15, -0.1) is 24.8 Å². The van der Waals surface area contributed by atoms with Gasteiger partial charge >= 0.3 is 0 Å². The van der Waals surface area contributed by atoms with Crippen LogP contribution in [0.15, 0.2) is 18.7 Å². The van der Waals surface area contributed by atoms with Gasteiger partial charge in [0.1, 0.15) is 0 Å². The van der Waals surface area contributed by atoms with E-state index in [1.807, 2.05) is 12.5 Å². The third-order valence-electron chi connectivity index (χ3n) is 4.87. The third kappa shape index (κ3) is 4.35. The summed E-state index contributed by atoms with van der Waals surface area (Å²) in [6.45, 7) is 11.6. The smallest absolute Gasteiger partial charge is 0.0946 e. The van der Waals surface area contributed by atoms with Crippen LogP contribution in [0.4, 0.5) is 0 Å². The van der Waals surface area contributed by atoms with E-state index in [0.29, 0.717) is 6.04 Å². The molecule has 0 bridgehead atoms. The van der Waals surface area contributed by atoms with Crippen LogP contribution in [0.5, 0.6) is 0 Å². The summed E-state index contributed by atoms with van der Waals surface area (Å²) >= 11 is 0. The van der Waals surface area contributed by atoms with Crippen molar-refractivity contribution in [1.82, 2.24) is 20.2 Å². The molecule has 6 heteroatoms. The van der Waals surface area contributed by atoms with Crippen molar-refractivity contribution in [3.63, 3.8) is 0 Å². The van der Waals surface area contributed by atoms with Crippen LogP contribution in [0, 0.1) is 23.2 Å². The number of fused-ring (bicyclic) bond motifs is 1. The SMILES string of the molecule is CC(C)(C)C(Cn1ccnc1)NCC1[C@H]2CNC[C@@H]12.Cl.Cl. The molecular formula is C15H28Cl2N4. The van der Waals surface area contributed by atoms with Crippen LogP contribution < -0.4 is 10.6 Å². The summed E-state index contributed by atoms with van der Waals surface area (Å²) in [5.41, 5.74) is 0.270. The fourth-order valence-electron chi connectivity index (χ4n) is 3.38. The van der Waals surface area contributed by atoms with Gasteiger partial charge in [-0.3, -0.25) is 0 Å². The highest BCUT2D eigenvalue weighted by atomic mass is 35.5. The molecule has 1 aliphatic carbocycles. The number of nitrogens with zero attached hydrogens (tertiary/aromatic N) is 2. The van der Waals surface area contributed by atoms with Crippen LogP contribution in [0.25, 0.3) is 0 Å². The van der Waals surface area contributed by atoms with Gasteiger partial charge in [-0.25, -0.2) is 4.98 Å². The molecule has 2 N–H and O–H groups in total. The van der Waals surface area contributed by atoms with Gasteiger partial charge < -0.3 is 15.2 Å². The van der Waals surface area contributed by atoms with E-state index in [2.05, 4.69) is 47.2 Å². The number of piperidine rings is 1. The zero-order valence-electron chi connectivity index (χ0n) is 13.1. The summed E-state index contributed by atoms with van der Waals surface area (Å²) < 4.78 is 2.18. The van der Waals surface area contributed by atoms with Crippen LogP contribution >= 0.6 is 24.8 Å². The number of imidazole rings is 1. The molecule has 0 amide bonds. The fraction of sp³-hybridized carbons (Fsp3) is 0.800. The van der Waals surface area contributed by atoms with Crippen molar-refractivity contribution in [3.05, 3.63) is 18.7 Å². The van der Waals surface area contributed by atoms with Gasteiger partial charge in [0.25, 0.3) is 0 Å². The van der Waals surface area contributed by atoms with E-state index in [9.17, 15) is 0 Å².